The van der Waals surface area contributed by atoms with Gasteiger partial charge in [0.2, 0.25) is 0 Å². The van der Waals surface area contributed by atoms with Crippen molar-refractivity contribution in [3.05, 3.63) is 59.7 Å². The first-order chi connectivity index (χ1) is 9.66. The molecule has 0 heterocycles. The van der Waals surface area contributed by atoms with Crippen LogP contribution >= 0.6 is 0 Å². The summed E-state index contributed by atoms with van der Waals surface area (Å²) in [5.74, 6) is -0.624. The quantitative estimate of drug-likeness (QED) is 0.669. The van der Waals surface area contributed by atoms with Gasteiger partial charge in [-0.15, -0.1) is 0 Å². The number of primary amides is 1. The highest BCUT2D eigenvalue weighted by Gasteiger charge is 2.02. The molecule has 2 aromatic carbocycles. The number of carbonyl (C=O) groups is 1. The molecule has 4 nitrogen and oxygen atoms in total. The van der Waals surface area contributed by atoms with E-state index in [1.54, 1.807) is 0 Å². The van der Waals surface area contributed by atoms with Gasteiger partial charge in [0.1, 0.15) is 12.8 Å². The lowest BCUT2D eigenvalue weighted by molar-refractivity contribution is -0.111. The van der Waals surface area contributed by atoms with Gasteiger partial charge in [-0.1, -0.05) is 53.7 Å². The van der Waals surface area contributed by atoms with Crippen molar-refractivity contribution in [3.8, 4) is 11.1 Å². The number of hydrogen-bond acceptors (Lipinski definition) is 3. The minimum absolute atomic E-state index is 0.310. The minimum Gasteiger partial charge on any atom is -0.391 e. The molecule has 0 atom stereocenters. The Bertz CT molecular complexity index is 622. The molecular formula is C16H16N2O2. The van der Waals surface area contributed by atoms with Crippen molar-refractivity contribution >= 4 is 12.1 Å². The maximum Gasteiger partial charge on any atom is 0.263 e. The van der Waals surface area contributed by atoms with Gasteiger partial charge in [-0.3, -0.25) is 4.79 Å². The lowest BCUT2D eigenvalue weighted by atomic mass is 10.0. The Labute approximate surface area is 117 Å². The van der Waals surface area contributed by atoms with Crippen molar-refractivity contribution in [2.75, 3.05) is 0 Å². The summed E-state index contributed by atoms with van der Waals surface area (Å²) in [6, 6.07) is 16.3. The SMILES string of the molecule is Cc1cc(-c2ccccc2)ccc1CON=CC(N)=O. The van der Waals surface area contributed by atoms with Crippen molar-refractivity contribution in [2.45, 2.75) is 13.5 Å². The highest BCUT2D eigenvalue weighted by Crippen LogP contribution is 2.22. The van der Waals surface area contributed by atoms with Crippen LogP contribution in [0.15, 0.2) is 53.7 Å². The van der Waals surface area contributed by atoms with Crippen LogP contribution in [0.1, 0.15) is 11.1 Å². The highest BCUT2D eigenvalue weighted by molar-refractivity contribution is 6.25. The maximum atomic E-state index is 10.5. The number of carbonyl (C=O) groups excluding carboxylic acids is 1. The summed E-state index contributed by atoms with van der Waals surface area (Å²) in [6.45, 7) is 2.33. The Morgan fingerprint density at radius 2 is 1.95 bits per heavy atom. The Hall–Kier alpha value is -2.62. The van der Waals surface area contributed by atoms with Gasteiger partial charge in [0.15, 0.2) is 0 Å². The molecule has 4 heteroatoms. The lowest BCUT2D eigenvalue weighted by Gasteiger charge is -2.08. The molecule has 2 rings (SSSR count). The molecule has 0 saturated carbocycles. The molecular weight excluding hydrogens is 252 g/mol. The molecule has 2 aromatic rings. The molecule has 0 spiro atoms. The van der Waals surface area contributed by atoms with Crippen LogP contribution < -0.4 is 5.73 Å². The predicted octanol–water partition coefficient (Wildman–Crippen LogP) is 2.65. The predicted molar refractivity (Wildman–Crippen MR) is 79.1 cm³/mol. The van der Waals surface area contributed by atoms with Crippen LogP contribution in [0.25, 0.3) is 11.1 Å². The molecule has 0 aromatic heterocycles. The van der Waals surface area contributed by atoms with Gasteiger partial charge < -0.3 is 10.6 Å². The largest absolute Gasteiger partial charge is 0.391 e. The second-order valence-corrected chi connectivity index (χ2v) is 4.42. The molecule has 102 valence electrons. The molecule has 0 fully saturated rings. The van der Waals surface area contributed by atoms with Crippen LogP contribution in [0, 0.1) is 6.92 Å². The van der Waals surface area contributed by atoms with Gasteiger partial charge in [-0.2, -0.15) is 0 Å². The van der Waals surface area contributed by atoms with E-state index in [2.05, 4.69) is 23.4 Å². The fourth-order valence-corrected chi connectivity index (χ4v) is 1.86. The molecule has 0 radical (unpaired) electrons. The third-order valence-corrected chi connectivity index (χ3v) is 2.92. The number of amides is 1. The number of oxime groups is 1. The Balaban J connectivity index is 2.08. The van der Waals surface area contributed by atoms with Crippen molar-refractivity contribution in [1.29, 1.82) is 0 Å². The molecule has 20 heavy (non-hydrogen) atoms. The first-order valence-electron chi connectivity index (χ1n) is 6.26. The van der Waals surface area contributed by atoms with Crippen molar-refractivity contribution < 1.29 is 9.63 Å². The average Bonchev–Trinajstić information content (AvgIpc) is 2.45. The maximum absolute atomic E-state index is 10.5. The number of aryl methyl sites for hydroxylation is 1. The Kier molecular flexibility index (Phi) is 4.50. The van der Waals surface area contributed by atoms with E-state index in [9.17, 15) is 4.79 Å². The number of nitrogens with zero attached hydrogens (tertiary/aromatic N) is 1. The summed E-state index contributed by atoms with van der Waals surface area (Å²) in [6.07, 6.45) is 0.952. The van der Waals surface area contributed by atoms with Gasteiger partial charge in [0.25, 0.3) is 5.91 Å². The number of nitrogens with two attached hydrogens (primary N) is 1. The van der Waals surface area contributed by atoms with Crippen LogP contribution in [0.2, 0.25) is 0 Å². The fourth-order valence-electron chi connectivity index (χ4n) is 1.86. The van der Waals surface area contributed by atoms with E-state index in [1.165, 1.54) is 5.56 Å². The van der Waals surface area contributed by atoms with E-state index in [4.69, 9.17) is 10.6 Å². The molecule has 0 aliphatic carbocycles. The first-order valence-corrected chi connectivity index (χ1v) is 6.26. The molecule has 0 unspecified atom stereocenters. The molecule has 0 bridgehead atoms. The third-order valence-electron chi connectivity index (χ3n) is 2.92. The van der Waals surface area contributed by atoms with E-state index >= 15 is 0 Å². The molecule has 2 N–H and O–H groups in total. The Morgan fingerprint density at radius 1 is 1.20 bits per heavy atom. The normalized spacial score (nSPS) is 10.7. The zero-order valence-electron chi connectivity index (χ0n) is 11.2. The van der Waals surface area contributed by atoms with E-state index < -0.39 is 5.91 Å². The highest BCUT2D eigenvalue weighted by atomic mass is 16.6. The zero-order chi connectivity index (χ0) is 14.4. The van der Waals surface area contributed by atoms with Gasteiger partial charge in [0, 0.05) is 0 Å². The number of benzene rings is 2. The molecule has 1 amide bonds. The van der Waals surface area contributed by atoms with Crippen LogP contribution in [0.4, 0.5) is 0 Å². The summed E-state index contributed by atoms with van der Waals surface area (Å²) >= 11 is 0. The fraction of sp³-hybridized carbons (Fsp3) is 0.125. The third kappa shape index (κ3) is 3.68. The summed E-state index contributed by atoms with van der Waals surface area (Å²) in [5, 5.41) is 3.49. The van der Waals surface area contributed by atoms with Crippen LogP contribution in [-0.2, 0) is 16.2 Å². The second-order valence-electron chi connectivity index (χ2n) is 4.42. The van der Waals surface area contributed by atoms with Crippen LogP contribution in [0.5, 0.6) is 0 Å². The number of hydrogen-bond donors (Lipinski definition) is 1. The van der Waals surface area contributed by atoms with Crippen molar-refractivity contribution in [2.24, 2.45) is 10.9 Å². The van der Waals surface area contributed by atoms with Crippen LogP contribution in [-0.4, -0.2) is 12.1 Å². The molecule has 0 aliphatic rings. The average molecular weight is 268 g/mol. The summed E-state index contributed by atoms with van der Waals surface area (Å²) in [4.78, 5) is 15.5. The van der Waals surface area contributed by atoms with E-state index in [1.807, 2.05) is 37.3 Å². The van der Waals surface area contributed by atoms with Gasteiger partial charge >= 0.3 is 0 Å². The topological polar surface area (TPSA) is 64.7 Å². The van der Waals surface area contributed by atoms with E-state index in [0.717, 1.165) is 22.9 Å². The summed E-state index contributed by atoms with van der Waals surface area (Å²) in [7, 11) is 0. The monoisotopic (exact) mass is 268 g/mol. The van der Waals surface area contributed by atoms with E-state index in [-0.39, 0.29) is 0 Å². The van der Waals surface area contributed by atoms with Gasteiger partial charge in [-0.25, -0.2) is 0 Å². The standard InChI is InChI=1S/C16H16N2O2/c1-12-9-14(13-5-3-2-4-6-13)7-8-15(12)11-20-18-10-16(17)19/h2-10H,11H2,1H3,(H2,17,19). The molecule has 0 aliphatic heterocycles. The van der Waals surface area contributed by atoms with Gasteiger partial charge in [-0.05, 0) is 29.2 Å². The van der Waals surface area contributed by atoms with E-state index in [0.29, 0.717) is 6.61 Å². The lowest BCUT2D eigenvalue weighted by Crippen LogP contribution is -2.11. The van der Waals surface area contributed by atoms with Gasteiger partial charge in [0.05, 0.1) is 0 Å². The zero-order valence-corrected chi connectivity index (χ0v) is 11.2. The van der Waals surface area contributed by atoms with Crippen LogP contribution in [0.3, 0.4) is 0 Å². The smallest absolute Gasteiger partial charge is 0.263 e. The van der Waals surface area contributed by atoms with Crippen molar-refractivity contribution in [1.82, 2.24) is 0 Å². The Morgan fingerprint density at radius 3 is 2.60 bits per heavy atom. The molecule has 0 saturated heterocycles. The number of rotatable bonds is 5. The second kappa shape index (κ2) is 6.52. The summed E-state index contributed by atoms with van der Waals surface area (Å²) in [5.41, 5.74) is 9.38. The van der Waals surface area contributed by atoms with Crippen molar-refractivity contribution in [3.63, 3.8) is 0 Å². The minimum atomic E-state index is -0.624. The first kappa shape index (κ1) is 13.8. The summed E-state index contributed by atoms with van der Waals surface area (Å²) < 4.78 is 0.